The Balaban J connectivity index is 1.84. The van der Waals surface area contributed by atoms with Crippen molar-refractivity contribution < 1.29 is 9.59 Å². The number of benzene rings is 3. The van der Waals surface area contributed by atoms with E-state index in [1.54, 1.807) is 24.3 Å². The zero-order valence-electron chi connectivity index (χ0n) is 15.3. The molecule has 0 heterocycles. The van der Waals surface area contributed by atoms with Crippen molar-refractivity contribution in [1.82, 2.24) is 0 Å². The van der Waals surface area contributed by atoms with Crippen LogP contribution in [-0.2, 0) is 4.79 Å². The monoisotopic (exact) mass is 359 g/mol. The van der Waals surface area contributed by atoms with Gasteiger partial charge in [-0.25, -0.2) is 0 Å². The molecule has 2 N–H and O–H groups in total. The first-order chi connectivity index (χ1) is 13.0. The molecule has 0 spiro atoms. The highest BCUT2D eigenvalue weighted by Gasteiger charge is 2.13. The van der Waals surface area contributed by atoms with Crippen molar-refractivity contribution in [3.05, 3.63) is 84.4 Å². The highest BCUT2D eigenvalue weighted by atomic mass is 16.2. The Bertz CT molecular complexity index is 955. The normalized spacial score (nSPS) is 10.1. The molecule has 0 atom stereocenters. The van der Waals surface area contributed by atoms with Crippen LogP contribution < -0.4 is 15.5 Å². The first-order valence-corrected chi connectivity index (χ1v) is 8.61. The summed E-state index contributed by atoms with van der Waals surface area (Å²) in [6.45, 7) is 1.43. The van der Waals surface area contributed by atoms with Crippen LogP contribution >= 0.6 is 0 Å². The fraction of sp³-hybridized carbons (Fsp3) is 0.0909. The molecule has 5 nitrogen and oxygen atoms in total. The maximum absolute atomic E-state index is 12.7. The summed E-state index contributed by atoms with van der Waals surface area (Å²) in [5.74, 6) is -0.418. The Kier molecular flexibility index (Phi) is 5.52. The van der Waals surface area contributed by atoms with Gasteiger partial charge in [-0.2, -0.15) is 0 Å². The molecule has 136 valence electrons. The van der Waals surface area contributed by atoms with E-state index in [0.29, 0.717) is 16.9 Å². The van der Waals surface area contributed by atoms with Crippen molar-refractivity contribution >= 4 is 34.6 Å². The van der Waals surface area contributed by atoms with Gasteiger partial charge in [-0.15, -0.1) is 0 Å². The second-order valence-corrected chi connectivity index (χ2v) is 6.13. The van der Waals surface area contributed by atoms with E-state index in [0.717, 1.165) is 11.4 Å². The SMILES string of the molecule is CC(=O)Nc1cccc(C(=O)Nc2ccccc2N(C)c2ccccc2)c1. The van der Waals surface area contributed by atoms with E-state index >= 15 is 0 Å². The average molecular weight is 359 g/mol. The molecular weight excluding hydrogens is 338 g/mol. The number of rotatable bonds is 5. The highest BCUT2D eigenvalue weighted by Crippen LogP contribution is 2.30. The molecule has 0 fully saturated rings. The van der Waals surface area contributed by atoms with Crippen LogP contribution in [0.5, 0.6) is 0 Å². The van der Waals surface area contributed by atoms with Gasteiger partial charge in [-0.05, 0) is 42.5 Å². The minimum Gasteiger partial charge on any atom is -0.343 e. The van der Waals surface area contributed by atoms with Crippen LogP contribution in [-0.4, -0.2) is 18.9 Å². The first kappa shape index (κ1) is 18.2. The zero-order chi connectivity index (χ0) is 19.2. The van der Waals surface area contributed by atoms with Crippen LogP contribution in [0.15, 0.2) is 78.9 Å². The standard InChI is InChI=1S/C22H21N3O2/c1-16(26)23-18-10-8-9-17(15-18)22(27)24-20-13-6-7-14-21(20)25(2)19-11-4-3-5-12-19/h3-15H,1-2H3,(H,23,26)(H,24,27). The molecule has 0 saturated heterocycles. The van der Waals surface area contributed by atoms with Crippen molar-refractivity contribution in [3.8, 4) is 0 Å². The number of carbonyl (C=O) groups is 2. The van der Waals surface area contributed by atoms with Crippen LogP contribution in [0, 0.1) is 0 Å². The Morgan fingerprint density at radius 1 is 0.815 bits per heavy atom. The smallest absolute Gasteiger partial charge is 0.255 e. The van der Waals surface area contributed by atoms with Gasteiger partial charge in [0.05, 0.1) is 11.4 Å². The minimum absolute atomic E-state index is 0.178. The molecule has 27 heavy (non-hydrogen) atoms. The van der Waals surface area contributed by atoms with E-state index < -0.39 is 0 Å². The summed E-state index contributed by atoms with van der Waals surface area (Å²) in [6.07, 6.45) is 0. The van der Waals surface area contributed by atoms with Gasteiger partial charge in [0, 0.05) is 30.9 Å². The molecule has 0 aliphatic heterocycles. The molecule has 3 aromatic rings. The average Bonchev–Trinajstić information content (AvgIpc) is 2.68. The quantitative estimate of drug-likeness (QED) is 0.696. The third kappa shape index (κ3) is 4.52. The van der Waals surface area contributed by atoms with Crippen LogP contribution in [0.3, 0.4) is 0 Å². The maximum Gasteiger partial charge on any atom is 0.255 e. The van der Waals surface area contributed by atoms with Crippen LogP contribution in [0.2, 0.25) is 0 Å². The predicted octanol–water partition coefficient (Wildman–Crippen LogP) is 4.67. The van der Waals surface area contributed by atoms with Crippen LogP contribution in [0.4, 0.5) is 22.7 Å². The van der Waals surface area contributed by atoms with Gasteiger partial charge >= 0.3 is 0 Å². The molecule has 0 aromatic heterocycles. The summed E-state index contributed by atoms with van der Waals surface area (Å²) >= 11 is 0. The molecule has 3 aromatic carbocycles. The molecule has 0 bridgehead atoms. The van der Waals surface area contributed by atoms with E-state index in [2.05, 4.69) is 10.6 Å². The second kappa shape index (κ2) is 8.19. The number of hydrogen-bond donors (Lipinski definition) is 2. The summed E-state index contributed by atoms with van der Waals surface area (Å²) < 4.78 is 0. The van der Waals surface area contributed by atoms with Crippen LogP contribution in [0.1, 0.15) is 17.3 Å². The number of carbonyl (C=O) groups excluding carboxylic acids is 2. The third-order valence-electron chi connectivity index (χ3n) is 4.10. The molecule has 0 unspecified atom stereocenters. The summed E-state index contributed by atoms with van der Waals surface area (Å²) in [6, 6.07) is 24.4. The van der Waals surface area contributed by atoms with Gasteiger partial charge in [-0.1, -0.05) is 36.4 Å². The number of hydrogen-bond acceptors (Lipinski definition) is 3. The third-order valence-corrected chi connectivity index (χ3v) is 4.10. The summed E-state index contributed by atoms with van der Waals surface area (Å²) in [7, 11) is 1.96. The minimum atomic E-state index is -0.240. The van der Waals surface area contributed by atoms with E-state index in [4.69, 9.17) is 0 Å². The number of nitrogens with zero attached hydrogens (tertiary/aromatic N) is 1. The number of anilines is 4. The maximum atomic E-state index is 12.7. The van der Waals surface area contributed by atoms with E-state index in [1.807, 2.05) is 66.5 Å². The lowest BCUT2D eigenvalue weighted by Gasteiger charge is -2.22. The second-order valence-electron chi connectivity index (χ2n) is 6.13. The highest BCUT2D eigenvalue weighted by molar-refractivity contribution is 6.07. The lowest BCUT2D eigenvalue weighted by molar-refractivity contribution is -0.114. The van der Waals surface area contributed by atoms with Gasteiger partial charge in [-0.3, -0.25) is 9.59 Å². The van der Waals surface area contributed by atoms with Gasteiger partial charge in [0.2, 0.25) is 5.91 Å². The van der Waals surface area contributed by atoms with E-state index in [-0.39, 0.29) is 11.8 Å². The van der Waals surface area contributed by atoms with Crippen molar-refractivity contribution in [1.29, 1.82) is 0 Å². The summed E-state index contributed by atoms with van der Waals surface area (Å²) in [4.78, 5) is 26.0. The van der Waals surface area contributed by atoms with Crippen LogP contribution in [0.25, 0.3) is 0 Å². The Labute approximate surface area is 158 Å². The van der Waals surface area contributed by atoms with Crippen molar-refractivity contribution in [2.24, 2.45) is 0 Å². The van der Waals surface area contributed by atoms with Crippen molar-refractivity contribution in [2.45, 2.75) is 6.92 Å². The Hall–Kier alpha value is -3.60. The Morgan fingerprint density at radius 2 is 1.52 bits per heavy atom. The molecule has 0 aliphatic rings. The summed E-state index contributed by atoms with van der Waals surface area (Å²) in [5, 5.41) is 5.65. The number of nitrogens with one attached hydrogen (secondary N) is 2. The fourth-order valence-corrected chi connectivity index (χ4v) is 2.80. The van der Waals surface area contributed by atoms with Gasteiger partial charge in [0.1, 0.15) is 0 Å². The van der Waals surface area contributed by atoms with E-state index in [9.17, 15) is 9.59 Å². The van der Waals surface area contributed by atoms with Gasteiger partial charge < -0.3 is 15.5 Å². The topological polar surface area (TPSA) is 61.4 Å². The van der Waals surface area contributed by atoms with Gasteiger partial charge in [0.25, 0.3) is 5.91 Å². The largest absolute Gasteiger partial charge is 0.343 e. The molecule has 0 saturated carbocycles. The van der Waals surface area contributed by atoms with E-state index in [1.165, 1.54) is 6.92 Å². The molecular formula is C22H21N3O2. The van der Waals surface area contributed by atoms with Crippen molar-refractivity contribution in [2.75, 3.05) is 22.6 Å². The number of para-hydroxylation sites is 3. The van der Waals surface area contributed by atoms with Crippen molar-refractivity contribution in [3.63, 3.8) is 0 Å². The molecule has 2 amide bonds. The zero-order valence-corrected chi connectivity index (χ0v) is 15.3. The molecule has 5 heteroatoms. The number of amides is 2. The van der Waals surface area contributed by atoms with Gasteiger partial charge in [0.15, 0.2) is 0 Å². The lowest BCUT2D eigenvalue weighted by atomic mass is 10.1. The fourth-order valence-electron chi connectivity index (χ4n) is 2.80. The summed E-state index contributed by atoms with van der Waals surface area (Å²) in [5.41, 5.74) is 3.67. The first-order valence-electron chi connectivity index (χ1n) is 8.61. The molecule has 0 aliphatic carbocycles. The molecule has 0 radical (unpaired) electrons. The lowest BCUT2D eigenvalue weighted by Crippen LogP contribution is -2.17. The predicted molar refractivity (Wildman–Crippen MR) is 110 cm³/mol. The Morgan fingerprint density at radius 3 is 2.26 bits per heavy atom. The molecule has 3 rings (SSSR count).